The molecular formula is C12H16N2O2. The Kier molecular flexibility index (Phi) is 2.92. The zero-order valence-electron chi connectivity index (χ0n) is 9.51. The van der Waals surface area contributed by atoms with Gasteiger partial charge >= 0.3 is 0 Å². The third-order valence-corrected chi connectivity index (χ3v) is 3.21. The summed E-state index contributed by atoms with van der Waals surface area (Å²) in [6.07, 6.45) is 3.38. The SMILES string of the molecule is CC1OC(c2ccncc2N)CC(=O)C1C. The third kappa shape index (κ3) is 1.93. The van der Waals surface area contributed by atoms with Crippen LogP contribution in [0.2, 0.25) is 0 Å². The van der Waals surface area contributed by atoms with Gasteiger partial charge in [0.25, 0.3) is 0 Å². The van der Waals surface area contributed by atoms with Gasteiger partial charge < -0.3 is 10.5 Å². The monoisotopic (exact) mass is 220 g/mol. The zero-order valence-corrected chi connectivity index (χ0v) is 9.51. The van der Waals surface area contributed by atoms with Crippen LogP contribution >= 0.6 is 0 Å². The van der Waals surface area contributed by atoms with Gasteiger partial charge in [0.2, 0.25) is 0 Å². The van der Waals surface area contributed by atoms with Gasteiger partial charge in [0.05, 0.1) is 24.1 Å². The molecule has 0 bridgehead atoms. The molecule has 3 unspecified atom stereocenters. The zero-order chi connectivity index (χ0) is 11.7. The van der Waals surface area contributed by atoms with Crippen LogP contribution in [0.1, 0.15) is 31.9 Å². The van der Waals surface area contributed by atoms with Gasteiger partial charge in [-0.1, -0.05) is 6.92 Å². The van der Waals surface area contributed by atoms with Gasteiger partial charge in [-0.2, -0.15) is 0 Å². The molecule has 0 aliphatic carbocycles. The van der Waals surface area contributed by atoms with E-state index >= 15 is 0 Å². The number of nitrogen functional groups attached to an aromatic ring is 1. The van der Waals surface area contributed by atoms with Crippen molar-refractivity contribution < 1.29 is 9.53 Å². The lowest BCUT2D eigenvalue weighted by Crippen LogP contribution is -2.34. The van der Waals surface area contributed by atoms with Crippen LogP contribution in [0.4, 0.5) is 5.69 Å². The van der Waals surface area contributed by atoms with E-state index in [0.717, 1.165) is 5.56 Å². The maximum absolute atomic E-state index is 11.8. The quantitative estimate of drug-likeness (QED) is 0.782. The van der Waals surface area contributed by atoms with E-state index in [1.54, 1.807) is 12.4 Å². The summed E-state index contributed by atoms with van der Waals surface area (Å²) in [6, 6.07) is 1.82. The standard InChI is InChI=1S/C12H16N2O2/c1-7-8(2)16-12(5-11(7)15)9-3-4-14-6-10(9)13/h3-4,6-8,12H,5,13H2,1-2H3. The fraction of sp³-hybridized carbons (Fsp3) is 0.500. The number of hydrogen-bond acceptors (Lipinski definition) is 4. The molecule has 16 heavy (non-hydrogen) atoms. The van der Waals surface area contributed by atoms with E-state index in [1.807, 2.05) is 19.9 Å². The minimum absolute atomic E-state index is 0.0284. The number of aromatic nitrogens is 1. The molecule has 1 aromatic rings. The van der Waals surface area contributed by atoms with Crippen LogP contribution < -0.4 is 5.73 Å². The molecule has 2 rings (SSSR count). The van der Waals surface area contributed by atoms with Gasteiger partial charge in [0.1, 0.15) is 5.78 Å². The number of ether oxygens (including phenoxy) is 1. The maximum atomic E-state index is 11.8. The number of Topliss-reactive ketones (excluding diaryl/α,β-unsaturated/α-hetero) is 1. The van der Waals surface area contributed by atoms with Crippen LogP contribution in [0.5, 0.6) is 0 Å². The molecule has 0 amide bonds. The molecule has 0 radical (unpaired) electrons. The van der Waals surface area contributed by atoms with Crippen molar-refractivity contribution in [3.63, 3.8) is 0 Å². The number of pyridine rings is 1. The summed E-state index contributed by atoms with van der Waals surface area (Å²) in [6.45, 7) is 3.82. The number of carbonyl (C=O) groups is 1. The molecule has 4 nitrogen and oxygen atoms in total. The fourth-order valence-corrected chi connectivity index (χ4v) is 1.95. The Morgan fingerprint density at radius 3 is 2.88 bits per heavy atom. The predicted molar refractivity (Wildman–Crippen MR) is 60.7 cm³/mol. The minimum atomic E-state index is -0.221. The van der Waals surface area contributed by atoms with Crippen molar-refractivity contribution in [2.24, 2.45) is 5.92 Å². The number of nitrogens with two attached hydrogens (primary N) is 1. The van der Waals surface area contributed by atoms with Crippen molar-refractivity contribution in [3.8, 4) is 0 Å². The molecule has 3 atom stereocenters. The first kappa shape index (κ1) is 11.1. The van der Waals surface area contributed by atoms with E-state index < -0.39 is 0 Å². The molecule has 1 aromatic heterocycles. The number of rotatable bonds is 1. The van der Waals surface area contributed by atoms with E-state index in [0.29, 0.717) is 12.1 Å². The van der Waals surface area contributed by atoms with E-state index in [1.165, 1.54) is 0 Å². The van der Waals surface area contributed by atoms with Crippen LogP contribution in [0.25, 0.3) is 0 Å². The van der Waals surface area contributed by atoms with Crippen LogP contribution in [0, 0.1) is 5.92 Å². The average Bonchev–Trinajstić information content (AvgIpc) is 2.26. The summed E-state index contributed by atoms with van der Waals surface area (Å²) in [5.74, 6) is 0.208. The molecule has 4 heteroatoms. The van der Waals surface area contributed by atoms with E-state index in [4.69, 9.17) is 10.5 Å². The van der Waals surface area contributed by atoms with E-state index in [9.17, 15) is 4.79 Å². The lowest BCUT2D eigenvalue weighted by atomic mass is 9.90. The van der Waals surface area contributed by atoms with E-state index in [2.05, 4.69) is 4.98 Å². The molecule has 1 saturated heterocycles. The summed E-state index contributed by atoms with van der Waals surface area (Å²) >= 11 is 0. The predicted octanol–water partition coefficient (Wildman–Crippen LogP) is 1.72. The summed E-state index contributed by atoms with van der Waals surface area (Å²) < 4.78 is 5.81. The summed E-state index contributed by atoms with van der Waals surface area (Å²) in [5, 5.41) is 0. The molecule has 1 fully saturated rings. The Morgan fingerprint density at radius 2 is 2.25 bits per heavy atom. The summed E-state index contributed by atoms with van der Waals surface area (Å²) in [4.78, 5) is 15.7. The van der Waals surface area contributed by atoms with Gasteiger partial charge in [-0.05, 0) is 13.0 Å². The second kappa shape index (κ2) is 4.22. The van der Waals surface area contributed by atoms with Crippen molar-refractivity contribution >= 4 is 11.5 Å². The lowest BCUT2D eigenvalue weighted by Gasteiger charge is -2.32. The Labute approximate surface area is 94.8 Å². The molecule has 86 valence electrons. The van der Waals surface area contributed by atoms with Crippen molar-refractivity contribution in [2.75, 3.05) is 5.73 Å². The number of anilines is 1. The molecule has 0 saturated carbocycles. The highest BCUT2D eigenvalue weighted by atomic mass is 16.5. The van der Waals surface area contributed by atoms with Crippen LogP contribution in [-0.2, 0) is 9.53 Å². The highest BCUT2D eigenvalue weighted by Crippen LogP contribution is 2.34. The highest BCUT2D eigenvalue weighted by molar-refractivity contribution is 5.82. The van der Waals surface area contributed by atoms with Crippen LogP contribution in [0.3, 0.4) is 0 Å². The van der Waals surface area contributed by atoms with Crippen LogP contribution in [0.15, 0.2) is 18.5 Å². The third-order valence-electron chi connectivity index (χ3n) is 3.21. The Hall–Kier alpha value is -1.42. The maximum Gasteiger partial charge on any atom is 0.141 e. The first-order chi connectivity index (χ1) is 7.59. The summed E-state index contributed by atoms with van der Waals surface area (Å²) in [5.41, 5.74) is 7.27. The number of carbonyl (C=O) groups excluding carboxylic acids is 1. The molecule has 0 spiro atoms. The first-order valence-electron chi connectivity index (χ1n) is 5.47. The van der Waals surface area contributed by atoms with Crippen molar-refractivity contribution in [1.82, 2.24) is 4.98 Å². The number of nitrogens with zero attached hydrogens (tertiary/aromatic N) is 1. The number of hydrogen-bond donors (Lipinski definition) is 1. The molecule has 2 heterocycles. The average molecular weight is 220 g/mol. The van der Waals surface area contributed by atoms with Crippen molar-refractivity contribution in [1.29, 1.82) is 0 Å². The minimum Gasteiger partial charge on any atom is -0.397 e. The van der Waals surface area contributed by atoms with Crippen molar-refractivity contribution in [3.05, 3.63) is 24.0 Å². The van der Waals surface area contributed by atoms with Gasteiger partial charge in [-0.25, -0.2) is 0 Å². The Bertz CT molecular complexity index is 406. The van der Waals surface area contributed by atoms with Gasteiger partial charge in [-0.3, -0.25) is 9.78 Å². The highest BCUT2D eigenvalue weighted by Gasteiger charge is 2.33. The molecule has 1 aliphatic rings. The Morgan fingerprint density at radius 1 is 1.50 bits per heavy atom. The van der Waals surface area contributed by atoms with Gasteiger partial charge in [-0.15, -0.1) is 0 Å². The second-order valence-corrected chi connectivity index (χ2v) is 4.29. The Balaban J connectivity index is 2.24. The molecule has 1 aliphatic heterocycles. The number of ketones is 1. The fourth-order valence-electron chi connectivity index (χ4n) is 1.95. The van der Waals surface area contributed by atoms with Gasteiger partial charge in [0, 0.05) is 24.1 Å². The summed E-state index contributed by atoms with van der Waals surface area (Å²) in [7, 11) is 0. The lowest BCUT2D eigenvalue weighted by molar-refractivity contribution is -0.143. The molecule has 0 aromatic carbocycles. The topological polar surface area (TPSA) is 65.2 Å². The van der Waals surface area contributed by atoms with Gasteiger partial charge in [0.15, 0.2) is 0 Å². The van der Waals surface area contributed by atoms with Crippen molar-refractivity contribution in [2.45, 2.75) is 32.5 Å². The second-order valence-electron chi connectivity index (χ2n) is 4.29. The smallest absolute Gasteiger partial charge is 0.141 e. The molecular weight excluding hydrogens is 204 g/mol. The van der Waals surface area contributed by atoms with Crippen LogP contribution in [-0.4, -0.2) is 16.9 Å². The normalized spacial score (nSPS) is 30.4. The first-order valence-corrected chi connectivity index (χ1v) is 5.47. The largest absolute Gasteiger partial charge is 0.397 e. The molecule has 2 N–H and O–H groups in total. The van der Waals surface area contributed by atoms with E-state index in [-0.39, 0.29) is 23.9 Å².